The summed E-state index contributed by atoms with van der Waals surface area (Å²) in [5.74, 6) is -3.96. The summed E-state index contributed by atoms with van der Waals surface area (Å²) in [6.07, 6.45) is -3.09. The number of carbonyl (C=O) groups is 3. The second-order valence-electron chi connectivity index (χ2n) is 9.51. The number of aliphatic carboxylic acids is 2. The standard InChI is InChI=1S/C32H34ClNO8/c1-3-34(4-2)26(42-28(37)20-32(40,31(38)39)19-27(35)36)21-41-25-17-15-23(16-18-25)29(22-11-7-5-8-12-22)30(33)24-13-9-6-10-14-24/h5-18,26,40H,3-4,19-21H2,1-2H3,(H,35,36)(H,38,39). The van der Waals surface area contributed by atoms with Gasteiger partial charge in [0.15, 0.2) is 11.8 Å². The number of rotatable bonds is 15. The van der Waals surface area contributed by atoms with Gasteiger partial charge in [0.25, 0.3) is 0 Å². The Hall–Kier alpha value is -4.18. The second-order valence-corrected chi connectivity index (χ2v) is 9.88. The molecular weight excluding hydrogens is 562 g/mol. The normalized spacial score (nSPS) is 13.9. The van der Waals surface area contributed by atoms with Crippen molar-refractivity contribution >= 4 is 40.1 Å². The molecule has 0 saturated heterocycles. The van der Waals surface area contributed by atoms with Crippen molar-refractivity contribution in [1.82, 2.24) is 4.90 Å². The fourth-order valence-corrected chi connectivity index (χ4v) is 4.72. The summed E-state index contributed by atoms with van der Waals surface area (Å²) in [5.41, 5.74) is 0.731. The summed E-state index contributed by atoms with van der Waals surface area (Å²) in [5, 5.41) is 29.1. The number of ether oxygens (including phenoxy) is 2. The summed E-state index contributed by atoms with van der Waals surface area (Å²) in [7, 11) is 0. The van der Waals surface area contributed by atoms with Gasteiger partial charge in [0, 0.05) is 5.57 Å². The molecule has 9 nitrogen and oxygen atoms in total. The minimum absolute atomic E-state index is 0.0939. The highest BCUT2D eigenvalue weighted by atomic mass is 35.5. The Bertz CT molecular complexity index is 1370. The Morgan fingerprint density at radius 3 is 1.83 bits per heavy atom. The minimum atomic E-state index is -2.79. The maximum absolute atomic E-state index is 12.6. The molecule has 10 heteroatoms. The van der Waals surface area contributed by atoms with E-state index < -0.39 is 42.6 Å². The predicted octanol–water partition coefficient (Wildman–Crippen LogP) is 5.11. The molecule has 222 valence electrons. The highest BCUT2D eigenvalue weighted by molar-refractivity contribution is 6.53. The Morgan fingerprint density at radius 1 is 0.810 bits per heavy atom. The van der Waals surface area contributed by atoms with Crippen LogP contribution in [0.15, 0.2) is 84.9 Å². The lowest BCUT2D eigenvalue weighted by Gasteiger charge is -2.30. The van der Waals surface area contributed by atoms with Gasteiger partial charge in [-0.15, -0.1) is 0 Å². The number of benzene rings is 3. The number of nitrogens with zero attached hydrogens (tertiary/aromatic N) is 1. The van der Waals surface area contributed by atoms with Crippen molar-refractivity contribution in [3.8, 4) is 5.75 Å². The second kappa shape index (κ2) is 15.2. The maximum atomic E-state index is 12.6. The van der Waals surface area contributed by atoms with E-state index in [0.29, 0.717) is 23.9 Å². The number of carbonyl (C=O) groups excluding carboxylic acids is 1. The van der Waals surface area contributed by atoms with E-state index in [1.165, 1.54) is 0 Å². The number of esters is 1. The van der Waals surface area contributed by atoms with Crippen molar-refractivity contribution in [1.29, 1.82) is 0 Å². The molecule has 0 aromatic heterocycles. The number of likely N-dealkylation sites (N-methyl/N-ethyl adjacent to an activating group) is 1. The first-order valence-electron chi connectivity index (χ1n) is 13.4. The van der Waals surface area contributed by atoms with Crippen molar-refractivity contribution < 1.29 is 39.2 Å². The van der Waals surface area contributed by atoms with Crippen molar-refractivity contribution in [3.05, 3.63) is 102 Å². The van der Waals surface area contributed by atoms with Crippen molar-refractivity contribution in [2.75, 3.05) is 19.7 Å². The van der Waals surface area contributed by atoms with Crippen molar-refractivity contribution in [2.45, 2.75) is 38.5 Å². The number of carboxylic acids is 2. The van der Waals surface area contributed by atoms with E-state index in [4.69, 9.17) is 26.2 Å². The SMILES string of the molecule is CCN(CC)C(COc1ccc(C(=C(Cl)c2ccccc2)c2ccccc2)cc1)OC(=O)CC(O)(CC(=O)O)C(=O)O. The fraction of sp³-hybridized carbons (Fsp3) is 0.281. The first kappa shape index (κ1) is 32.3. The van der Waals surface area contributed by atoms with E-state index in [1.807, 2.05) is 86.6 Å². The van der Waals surface area contributed by atoms with Gasteiger partial charge in [0.1, 0.15) is 12.4 Å². The highest BCUT2D eigenvalue weighted by Gasteiger charge is 2.42. The quantitative estimate of drug-likeness (QED) is 0.124. The molecule has 0 heterocycles. The van der Waals surface area contributed by atoms with E-state index in [2.05, 4.69) is 0 Å². The topological polar surface area (TPSA) is 134 Å². The largest absolute Gasteiger partial charge is 0.488 e. The number of hydrogen-bond donors (Lipinski definition) is 3. The lowest BCUT2D eigenvalue weighted by molar-refractivity contribution is -0.178. The van der Waals surface area contributed by atoms with Crippen LogP contribution in [0, 0.1) is 0 Å². The number of halogens is 1. The number of carboxylic acid groups (broad SMARTS) is 2. The zero-order valence-corrected chi connectivity index (χ0v) is 24.2. The van der Waals surface area contributed by atoms with Crippen LogP contribution in [0.25, 0.3) is 10.6 Å². The number of hydrogen-bond acceptors (Lipinski definition) is 7. The van der Waals surface area contributed by atoms with E-state index in [1.54, 1.807) is 17.0 Å². The molecule has 0 aliphatic carbocycles. The van der Waals surface area contributed by atoms with Crippen LogP contribution in [0.2, 0.25) is 0 Å². The lowest BCUT2D eigenvalue weighted by Crippen LogP contribution is -2.46. The summed E-state index contributed by atoms with van der Waals surface area (Å²) < 4.78 is 11.4. The molecule has 2 atom stereocenters. The predicted molar refractivity (Wildman–Crippen MR) is 159 cm³/mol. The van der Waals surface area contributed by atoms with Gasteiger partial charge >= 0.3 is 17.9 Å². The van der Waals surface area contributed by atoms with Gasteiger partial charge < -0.3 is 24.8 Å². The maximum Gasteiger partial charge on any atom is 0.336 e. The van der Waals surface area contributed by atoms with Gasteiger partial charge in [0.05, 0.1) is 17.9 Å². The summed E-state index contributed by atoms with van der Waals surface area (Å²) >= 11 is 6.90. The van der Waals surface area contributed by atoms with Crippen LogP contribution < -0.4 is 4.74 Å². The number of aliphatic hydroxyl groups is 1. The van der Waals surface area contributed by atoms with Crippen LogP contribution in [0.1, 0.15) is 43.4 Å². The molecule has 2 unspecified atom stereocenters. The third-order valence-corrected chi connectivity index (χ3v) is 7.02. The van der Waals surface area contributed by atoms with E-state index >= 15 is 0 Å². The zero-order chi connectivity index (χ0) is 30.7. The lowest BCUT2D eigenvalue weighted by atomic mass is 9.95. The Balaban J connectivity index is 1.80. The van der Waals surface area contributed by atoms with E-state index in [0.717, 1.165) is 22.3 Å². The van der Waals surface area contributed by atoms with E-state index in [-0.39, 0.29) is 6.61 Å². The summed E-state index contributed by atoms with van der Waals surface area (Å²) in [6.45, 7) is 4.58. The average Bonchev–Trinajstić information content (AvgIpc) is 2.97. The molecule has 0 aliphatic heterocycles. The molecule has 0 spiro atoms. The molecule has 0 saturated carbocycles. The Labute approximate surface area is 249 Å². The molecule has 0 fully saturated rings. The van der Waals surface area contributed by atoms with Gasteiger partial charge in [-0.1, -0.05) is 98.2 Å². The van der Waals surface area contributed by atoms with Crippen molar-refractivity contribution in [2.24, 2.45) is 0 Å². The molecule has 3 aromatic carbocycles. The van der Waals surface area contributed by atoms with Gasteiger partial charge in [-0.05, 0) is 41.9 Å². The van der Waals surface area contributed by atoms with Crippen LogP contribution in [0.4, 0.5) is 0 Å². The minimum Gasteiger partial charge on any atom is -0.488 e. The summed E-state index contributed by atoms with van der Waals surface area (Å²) in [6, 6.07) is 26.7. The van der Waals surface area contributed by atoms with Crippen LogP contribution >= 0.6 is 11.6 Å². The van der Waals surface area contributed by atoms with Crippen LogP contribution in [0.3, 0.4) is 0 Å². The van der Waals surface area contributed by atoms with Crippen LogP contribution in [-0.2, 0) is 19.1 Å². The molecule has 42 heavy (non-hydrogen) atoms. The van der Waals surface area contributed by atoms with Crippen LogP contribution in [-0.4, -0.2) is 69.7 Å². The third-order valence-electron chi connectivity index (χ3n) is 6.61. The molecule has 0 radical (unpaired) electrons. The monoisotopic (exact) mass is 595 g/mol. The van der Waals surface area contributed by atoms with Gasteiger partial charge in [0.2, 0.25) is 0 Å². The molecule has 0 bridgehead atoms. The first-order chi connectivity index (χ1) is 20.1. The summed E-state index contributed by atoms with van der Waals surface area (Å²) in [4.78, 5) is 36.9. The highest BCUT2D eigenvalue weighted by Crippen LogP contribution is 2.35. The van der Waals surface area contributed by atoms with Crippen molar-refractivity contribution in [3.63, 3.8) is 0 Å². The van der Waals surface area contributed by atoms with Gasteiger partial charge in [-0.3, -0.25) is 14.5 Å². The van der Waals surface area contributed by atoms with Gasteiger partial charge in [-0.25, -0.2) is 4.79 Å². The molecule has 0 aliphatic rings. The molecule has 3 rings (SSSR count). The zero-order valence-electron chi connectivity index (χ0n) is 23.4. The van der Waals surface area contributed by atoms with Crippen LogP contribution in [0.5, 0.6) is 5.75 Å². The molecule has 0 amide bonds. The smallest absolute Gasteiger partial charge is 0.336 e. The Kier molecular flexibility index (Phi) is 11.7. The third kappa shape index (κ3) is 8.66. The van der Waals surface area contributed by atoms with E-state index in [9.17, 15) is 24.6 Å². The average molecular weight is 596 g/mol. The molecule has 3 N–H and O–H groups in total. The fourth-order valence-electron chi connectivity index (χ4n) is 4.38. The van der Waals surface area contributed by atoms with Gasteiger partial charge in [-0.2, -0.15) is 0 Å². The Morgan fingerprint density at radius 2 is 1.33 bits per heavy atom. The molecular formula is C32H34ClNO8. The molecule has 3 aromatic rings. The first-order valence-corrected chi connectivity index (χ1v) is 13.8.